The van der Waals surface area contributed by atoms with Gasteiger partial charge in [-0.3, -0.25) is 10.2 Å². The van der Waals surface area contributed by atoms with Gasteiger partial charge in [0, 0.05) is 20.5 Å². The molecule has 0 aromatic heterocycles. The SMILES string of the molecule is COc1c(C)cc(C)cc1CC(N)C(=O)NN(C)C. The van der Waals surface area contributed by atoms with Crippen molar-refractivity contribution in [2.75, 3.05) is 21.2 Å². The first-order valence-electron chi connectivity index (χ1n) is 6.22. The molecule has 0 aliphatic heterocycles. The number of nitrogens with one attached hydrogen (secondary N) is 1. The predicted octanol–water partition coefficient (Wildman–Crippen LogP) is 0.775. The molecule has 1 aromatic rings. The van der Waals surface area contributed by atoms with Gasteiger partial charge in [-0.1, -0.05) is 17.7 Å². The van der Waals surface area contributed by atoms with E-state index in [1.807, 2.05) is 26.0 Å². The van der Waals surface area contributed by atoms with Crippen molar-refractivity contribution < 1.29 is 9.53 Å². The topological polar surface area (TPSA) is 67.6 Å². The molecule has 1 amide bonds. The van der Waals surface area contributed by atoms with E-state index in [1.165, 1.54) is 0 Å². The van der Waals surface area contributed by atoms with E-state index in [4.69, 9.17) is 10.5 Å². The minimum atomic E-state index is -0.600. The van der Waals surface area contributed by atoms with Crippen molar-refractivity contribution in [2.45, 2.75) is 26.3 Å². The number of aryl methyl sites for hydroxylation is 2. The molecule has 5 nitrogen and oxygen atoms in total. The summed E-state index contributed by atoms with van der Waals surface area (Å²) in [6.45, 7) is 4.00. The molecule has 0 aliphatic rings. The Bertz CT molecular complexity index is 458. The maximum Gasteiger partial charge on any atom is 0.251 e. The lowest BCUT2D eigenvalue weighted by atomic mass is 9.99. The van der Waals surface area contributed by atoms with Crippen LogP contribution in [0.2, 0.25) is 0 Å². The zero-order valence-corrected chi connectivity index (χ0v) is 12.3. The Balaban J connectivity index is 2.90. The third-order valence-electron chi connectivity index (χ3n) is 2.81. The van der Waals surface area contributed by atoms with Gasteiger partial charge in [0.05, 0.1) is 13.2 Å². The summed E-state index contributed by atoms with van der Waals surface area (Å²) in [6, 6.07) is 3.46. The summed E-state index contributed by atoms with van der Waals surface area (Å²) in [4.78, 5) is 11.8. The molecule has 0 spiro atoms. The molecule has 0 bridgehead atoms. The molecule has 0 radical (unpaired) electrons. The summed E-state index contributed by atoms with van der Waals surface area (Å²) in [5, 5.41) is 1.58. The number of rotatable bonds is 5. The number of methoxy groups -OCH3 is 1. The van der Waals surface area contributed by atoms with Gasteiger partial charge in [0.2, 0.25) is 0 Å². The maximum absolute atomic E-state index is 11.8. The van der Waals surface area contributed by atoms with E-state index < -0.39 is 6.04 Å². The molecule has 0 heterocycles. The van der Waals surface area contributed by atoms with Crippen LogP contribution in [0.5, 0.6) is 5.75 Å². The van der Waals surface area contributed by atoms with Crippen LogP contribution in [0.15, 0.2) is 12.1 Å². The van der Waals surface area contributed by atoms with Crippen LogP contribution in [0, 0.1) is 13.8 Å². The van der Waals surface area contributed by atoms with Gasteiger partial charge in [-0.05, 0) is 25.0 Å². The molecular weight excluding hydrogens is 242 g/mol. The first-order valence-corrected chi connectivity index (χ1v) is 6.22. The van der Waals surface area contributed by atoms with E-state index in [9.17, 15) is 4.79 Å². The highest BCUT2D eigenvalue weighted by molar-refractivity contribution is 5.81. The highest BCUT2D eigenvalue weighted by Gasteiger charge is 2.18. The standard InChI is InChI=1S/C14H23N3O2/c1-9-6-10(2)13(19-5)11(7-9)8-12(15)14(18)16-17(3)4/h6-7,12H,8,15H2,1-5H3,(H,16,18). The zero-order valence-electron chi connectivity index (χ0n) is 12.3. The summed E-state index contributed by atoms with van der Waals surface area (Å²) in [5.74, 6) is 0.602. The number of ether oxygens (including phenoxy) is 1. The van der Waals surface area contributed by atoms with Crippen LogP contribution < -0.4 is 15.9 Å². The number of carbonyl (C=O) groups is 1. The summed E-state index contributed by atoms with van der Waals surface area (Å²) in [5.41, 5.74) is 11.7. The zero-order chi connectivity index (χ0) is 14.6. The number of nitrogens with two attached hydrogens (primary N) is 1. The van der Waals surface area contributed by atoms with Crippen molar-refractivity contribution in [1.29, 1.82) is 0 Å². The number of amides is 1. The number of hydrazine groups is 1. The van der Waals surface area contributed by atoms with Crippen LogP contribution >= 0.6 is 0 Å². The Hall–Kier alpha value is -1.59. The van der Waals surface area contributed by atoms with Crippen molar-refractivity contribution in [3.63, 3.8) is 0 Å². The average Bonchev–Trinajstić information content (AvgIpc) is 2.27. The highest BCUT2D eigenvalue weighted by atomic mass is 16.5. The van der Waals surface area contributed by atoms with Gasteiger partial charge in [-0.25, -0.2) is 5.01 Å². The fraction of sp³-hybridized carbons (Fsp3) is 0.500. The van der Waals surface area contributed by atoms with Crippen LogP contribution in [-0.2, 0) is 11.2 Å². The van der Waals surface area contributed by atoms with Crippen molar-refractivity contribution in [3.05, 3.63) is 28.8 Å². The Morgan fingerprint density at radius 3 is 2.58 bits per heavy atom. The molecule has 3 N–H and O–H groups in total. The molecule has 19 heavy (non-hydrogen) atoms. The first-order chi connectivity index (χ1) is 8.85. The maximum atomic E-state index is 11.8. The first kappa shape index (κ1) is 15.5. The van der Waals surface area contributed by atoms with Gasteiger partial charge >= 0.3 is 0 Å². The molecule has 1 aromatic carbocycles. The number of hydrogen-bond acceptors (Lipinski definition) is 4. The van der Waals surface area contributed by atoms with Gasteiger partial charge in [-0.15, -0.1) is 0 Å². The monoisotopic (exact) mass is 265 g/mol. The molecule has 0 aliphatic carbocycles. The minimum absolute atomic E-state index is 0.203. The largest absolute Gasteiger partial charge is 0.496 e. The fourth-order valence-electron chi connectivity index (χ4n) is 2.12. The third kappa shape index (κ3) is 4.22. The van der Waals surface area contributed by atoms with Crippen molar-refractivity contribution in [2.24, 2.45) is 5.73 Å². The van der Waals surface area contributed by atoms with Crippen LogP contribution in [0.25, 0.3) is 0 Å². The molecule has 106 valence electrons. The van der Waals surface area contributed by atoms with E-state index >= 15 is 0 Å². The molecule has 5 heteroatoms. The molecule has 1 rings (SSSR count). The number of carbonyl (C=O) groups excluding carboxylic acids is 1. The Morgan fingerprint density at radius 2 is 2.05 bits per heavy atom. The molecule has 1 unspecified atom stereocenters. The van der Waals surface area contributed by atoms with Crippen LogP contribution in [0.3, 0.4) is 0 Å². The van der Waals surface area contributed by atoms with E-state index in [0.29, 0.717) is 6.42 Å². The summed E-state index contributed by atoms with van der Waals surface area (Å²) in [6.07, 6.45) is 0.450. The second-order valence-corrected chi connectivity index (χ2v) is 4.96. The number of nitrogens with zero attached hydrogens (tertiary/aromatic N) is 1. The van der Waals surface area contributed by atoms with E-state index in [2.05, 4.69) is 5.43 Å². The lowest BCUT2D eigenvalue weighted by molar-refractivity contribution is -0.126. The average molecular weight is 265 g/mol. The van der Waals surface area contributed by atoms with E-state index in [1.54, 1.807) is 26.2 Å². The van der Waals surface area contributed by atoms with Crippen molar-refractivity contribution in [1.82, 2.24) is 10.4 Å². The minimum Gasteiger partial charge on any atom is -0.496 e. The molecule has 0 saturated heterocycles. The molecule has 0 saturated carbocycles. The third-order valence-corrected chi connectivity index (χ3v) is 2.81. The number of benzene rings is 1. The van der Waals surface area contributed by atoms with Gasteiger partial charge in [0.1, 0.15) is 5.75 Å². The second kappa shape index (κ2) is 6.54. The van der Waals surface area contributed by atoms with Crippen molar-refractivity contribution in [3.8, 4) is 5.75 Å². The lowest BCUT2D eigenvalue weighted by Gasteiger charge is -2.18. The van der Waals surface area contributed by atoms with E-state index in [-0.39, 0.29) is 5.91 Å². The predicted molar refractivity (Wildman–Crippen MR) is 76.0 cm³/mol. The van der Waals surface area contributed by atoms with Gasteiger partial charge in [-0.2, -0.15) is 0 Å². The normalized spacial score (nSPS) is 12.4. The van der Waals surface area contributed by atoms with Gasteiger partial charge < -0.3 is 10.5 Å². The molecular formula is C14H23N3O2. The van der Waals surface area contributed by atoms with Crippen LogP contribution in [-0.4, -0.2) is 38.2 Å². The highest BCUT2D eigenvalue weighted by Crippen LogP contribution is 2.25. The van der Waals surface area contributed by atoms with Crippen LogP contribution in [0.1, 0.15) is 16.7 Å². The smallest absolute Gasteiger partial charge is 0.251 e. The quantitative estimate of drug-likeness (QED) is 0.772. The fourth-order valence-corrected chi connectivity index (χ4v) is 2.12. The number of hydrogen-bond donors (Lipinski definition) is 2. The van der Waals surface area contributed by atoms with Gasteiger partial charge in [0.25, 0.3) is 5.91 Å². The van der Waals surface area contributed by atoms with Crippen LogP contribution in [0.4, 0.5) is 0 Å². The summed E-state index contributed by atoms with van der Waals surface area (Å²) in [7, 11) is 5.14. The summed E-state index contributed by atoms with van der Waals surface area (Å²) < 4.78 is 5.40. The summed E-state index contributed by atoms with van der Waals surface area (Å²) >= 11 is 0. The Kier molecular flexibility index (Phi) is 5.32. The van der Waals surface area contributed by atoms with Gasteiger partial charge in [0.15, 0.2) is 0 Å². The Morgan fingerprint density at radius 1 is 1.42 bits per heavy atom. The molecule has 0 fully saturated rings. The Labute approximate surface area is 114 Å². The second-order valence-electron chi connectivity index (χ2n) is 4.96. The molecule has 1 atom stereocenters. The van der Waals surface area contributed by atoms with E-state index in [0.717, 1.165) is 22.4 Å². The van der Waals surface area contributed by atoms with Crippen molar-refractivity contribution >= 4 is 5.91 Å². The lowest BCUT2D eigenvalue weighted by Crippen LogP contribution is -2.47.